The maximum Gasteiger partial charge on any atom is 0.255 e. The number of nitrogens with zero attached hydrogens (tertiary/aromatic N) is 5. The van der Waals surface area contributed by atoms with Crippen molar-refractivity contribution in [1.29, 1.82) is 0 Å². The van der Waals surface area contributed by atoms with Gasteiger partial charge in [0.2, 0.25) is 5.91 Å². The Hall–Kier alpha value is -2.64. The fraction of sp³-hybridized carbons (Fsp3) is 0.556. The summed E-state index contributed by atoms with van der Waals surface area (Å²) in [5.74, 6) is 0.154. The third kappa shape index (κ3) is 3.23. The van der Waals surface area contributed by atoms with Crippen molar-refractivity contribution in [1.82, 2.24) is 29.8 Å². The van der Waals surface area contributed by atoms with E-state index in [1.165, 1.54) is 0 Å². The second kappa shape index (κ2) is 6.93. The number of nitrogens with one attached hydrogen (secondary N) is 1. The SMILES string of the molecule is Cc1nn(C)c(C)c1C(=O)NC[C@H]1CCC(=O)N(C)[C@@H]1c1cnn(C)c1. The van der Waals surface area contributed by atoms with Crippen molar-refractivity contribution >= 4 is 11.8 Å². The van der Waals surface area contributed by atoms with Gasteiger partial charge >= 0.3 is 0 Å². The second-order valence-electron chi connectivity index (χ2n) is 7.08. The molecule has 0 aliphatic carbocycles. The predicted molar refractivity (Wildman–Crippen MR) is 96.5 cm³/mol. The van der Waals surface area contributed by atoms with Gasteiger partial charge in [0.1, 0.15) is 0 Å². The molecule has 140 valence electrons. The molecule has 0 spiro atoms. The molecule has 3 heterocycles. The maximum atomic E-state index is 12.7. The Kier molecular flexibility index (Phi) is 4.84. The van der Waals surface area contributed by atoms with Gasteiger partial charge in [-0.3, -0.25) is 19.0 Å². The van der Waals surface area contributed by atoms with Gasteiger partial charge in [-0.2, -0.15) is 10.2 Å². The van der Waals surface area contributed by atoms with Crippen molar-refractivity contribution in [3.63, 3.8) is 0 Å². The molecular formula is C18H26N6O2. The van der Waals surface area contributed by atoms with Gasteiger partial charge in [0.15, 0.2) is 0 Å². The summed E-state index contributed by atoms with van der Waals surface area (Å²) in [5, 5.41) is 11.6. The van der Waals surface area contributed by atoms with Crippen LogP contribution in [-0.2, 0) is 18.9 Å². The quantitative estimate of drug-likeness (QED) is 0.887. The number of amides is 2. The topological polar surface area (TPSA) is 85.1 Å². The molecule has 2 aromatic heterocycles. The van der Waals surface area contributed by atoms with Crippen LogP contribution in [0.4, 0.5) is 0 Å². The summed E-state index contributed by atoms with van der Waals surface area (Å²) in [7, 11) is 5.52. The van der Waals surface area contributed by atoms with Gasteiger partial charge in [0.05, 0.1) is 23.5 Å². The highest BCUT2D eigenvalue weighted by atomic mass is 16.2. The molecular weight excluding hydrogens is 332 g/mol. The van der Waals surface area contributed by atoms with Gasteiger partial charge in [0.25, 0.3) is 5.91 Å². The maximum absolute atomic E-state index is 12.7. The van der Waals surface area contributed by atoms with Crippen LogP contribution < -0.4 is 5.32 Å². The van der Waals surface area contributed by atoms with Crippen LogP contribution >= 0.6 is 0 Å². The molecule has 26 heavy (non-hydrogen) atoms. The number of aromatic nitrogens is 4. The van der Waals surface area contributed by atoms with Crippen LogP contribution in [0.5, 0.6) is 0 Å². The predicted octanol–water partition coefficient (Wildman–Crippen LogP) is 1.11. The van der Waals surface area contributed by atoms with Crippen LogP contribution in [-0.4, -0.2) is 49.9 Å². The number of hydrogen-bond acceptors (Lipinski definition) is 4. The van der Waals surface area contributed by atoms with Crippen LogP contribution in [0.2, 0.25) is 0 Å². The number of hydrogen-bond donors (Lipinski definition) is 1. The molecule has 8 nitrogen and oxygen atoms in total. The lowest BCUT2D eigenvalue weighted by molar-refractivity contribution is -0.136. The van der Waals surface area contributed by atoms with Crippen LogP contribution in [0.15, 0.2) is 12.4 Å². The lowest BCUT2D eigenvalue weighted by atomic mass is 9.85. The van der Waals surface area contributed by atoms with Crippen molar-refractivity contribution in [3.05, 3.63) is 34.9 Å². The van der Waals surface area contributed by atoms with Crippen molar-refractivity contribution in [2.45, 2.75) is 32.7 Å². The molecule has 1 fully saturated rings. The minimum absolute atomic E-state index is 0.0821. The lowest BCUT2D eigenvalue weighted by Crippen LogP contribution is -2.44. The van der Waals surface area contributed by atoms with Gasteiger partial charge in [0, 0.05) is 57.5 Å². The first-order valence-electron chi connectivity index (χ1n) is 8.82. The summed E-state index contributed by atoms with van der Waals surface area (Å²) in [5.41, 5.74) is 3.20. The second-order valence-corrected chi connectivity index (χ2v) is 7.08. The summed E-state index contributed by atoms with van der Waals surface area (Å²) >= 11 is 0. The van der Waals surface area contributed by atoms with Gasteiger partial charge in [-0.15, -0.1) is 0 Å². The number of piperidine rings is 1. The number of rotatable bonds is 4. The largest absolute Gasteiger partial charge is 0.352 e. The summed E-state index contributed by atoms with van der Waals surface area (Å²) < 4.78 is 3.45. The Labute approximate surface area is 153 Å². The average Bonchev–Trinajstić information content (AvgIpc) is 3.11. The number of likely N-dealkylation sites (tertiary alicyclic amines) is 1. The molecule has 0 saturated carbocycles. The molecule has 8 heteroatoms. The molecule has 0 aromatic carbocycles. The van der Waals surface area contributed by atoms with Crippen molar-refractivity contribution in [2.75, 3.05) is 13.6 Å². The van der Waals surface area contributed by atoms with Crippen LogP contribution in [0.3, 0.4) is 0 Å². The fourth-order valence-corrected chi connectivity index (χ4v) is 3.83. The normalized spacial score (nSPS) is 20.5. The Morgan fingerprint density at radius 1 is 1.31 bits per heavy atom. The minimum Gasteiger partial charge on any atom is -0.352 e. The first kappa shape index (κ1) is 18.2. The van der Waals surface area contributed by atoms with Gasteiger partial charge in [-0.1, -0.05) is 0 Å². The highest BCUT2D eigenvalue weighted by Crippen LogP contribution is 2.35. The van der Waals surface area contributed by atoms with E-state index in [1.54, 1.807) is 20.5 Å². The van der Waals surface area contributed by atoms with E-state index in [0.717, 1.165) is 23.4 Å². The van der Waals surface area contributed by atoms with E-state index in [2.05, 4.69) is 15.5 Å². The third-order valence-electron chi connectivity index (χ3n) is 5.31. The third-order valence-corrected chi connectivity index (χ3v) is 5.31. The molecule has 1 saturated heterocycles. The Bertz CT molecular complexity index is 837. The molecule has 1 aliphatic rings. The molecule has 0 bridgehead atoms. The molecule has 1 aliphatic heterocycles. The van der Waals surface area contributed by atoms with Crippen LogP contribution in [0.1, 0.15) is 46.2 Å². The highest BCUT2D eigenvalue weighted by molar-refractivity contribution is 5.96. The van der Waals surface area contributed by atoms with Crippen molar-refractivity contribution < 1.29 is 9.59 Å². The standard InChI is InChI=1S/C18H26N6O2/c1-11-16(12(2)24(5)21-11)18(26)19-8-13-6-7-15(25)23(4)17(13)14-9-20-22(3)10-14/h9-10,13,17H,6-8H2,1-5H3,(H,19,26)/t13-,17+/m1/s1. The Balaban J connectivity index is 1.76. The van der Waals surface area contributed by atoms with E-state index >= 15 is 0 Å². The van der Waals surface area contributed by atoms with Crippen LogP contribution in [0.25, 0.3) is 0 Å². The minimum atomic E-state index is -0.113. The number of carbonyl (C=O) groups excluding carboxylic acids is 2. The van der Waals surface area contributed by atoms with Crippen molar-refractivity contribution in [2.24, 2.45) is 20.0 Å². The zero-order chi connectivity index (χ0) is 19.0. The van der Waals surface area contributed by atoms with Crippen molar-refractivity contribution in [3.8, 4) is 0 Å². The molecule has 3 rings (SSSR count). The number of aryl methyl sites for hydroxylation is 3. The molecule has 1 N–H and O–H groups in total. The smallest absolute Gasteiger partial charge is 0.255 e. The van der Waals surface area contributed by atoms with Crippen LogP contribution in [0, 0.1) is 19.8 Å². The van der Waals surface area contributed by atoms with E-state index in [1.807, 2.05) is 41.2 Å². The van der Waals surface area contributed by atoms with Gasteiger partial charge in [-0.05, 0) is 20.3 Å². The Morgan fingerprint density at radius 2 is 2.04 bits per heavy atom. The molecule has 2 aromatic rings. The highest BCUT2D eigenvalue weighted by Gasteiger charge is 2.35. The van der Waals surface area contributed by atoms with Gasteiger partial charge in [-0.25, -0.2) is 0 Å². The first-order chi connectivity index (χ1) is 12.3. The Morgan fingerprint density at radius 3 is 2.62 bits per heavy atom. The van der Waals surface area contributed by atoms with E-state index in [4.69, 9.17) is 0 Å². The zero-order valence-corrected chi connectivity index (χ0v) is 16.0. The van der Waals surface area contributed by atoms with E-state index < -0.39 is 0 Å². The summed E-state index contributed by atoms with van der Waals surface area (Å²) in [6.45, 7) is 4.23. The molecule has 2 atom stereocenters. The average molecular weight is 358 g/mol. The summed E-state index contributed by atoms with van der Waals surface area (Å²) in [6, 6.07) is -0.0821. The molecule has 0 radical (unpaired) electrons. The fourth-order valence-electron chi connectivity index (χ4n) is 3.83. The monoisotopic (exact) mass is 358 g/mol. The summed E-state index contributed by atoms with van der Waals surface area (Å²) in [4.78, 5) is 26.6. The number of carbonyl (C=O) groups is 2. The van der Waals surface area contributed by atoms with Gasteiger partial charge < -0.3 is 10.2 Å². The first-order valence-corrected chi connectivity index (χ1v) is 8.82. The zero-order valence-electron chi connectivity index (χ0n) is 16.0. The lowest BCUT2D eigenvalue weighted by Gasteiger charge is -2.38. The van der Waals surface area contributed by atoms with E-state index in [-0.39, 0.29) is 23.8 Å². The van der Waals surface area contributed by atoms with E-state index in [9.17, 15) is 9.59 Å². The molecule has 2 amide bonds. The molecule has 0 unspecified atom stereocenters. The summed E-state index contributed by atoms with van der Waals surface area (Å²) in [6.07, 6.45) is 4.97. The van der Waals surface area contributed by atoms with E-state index in [0.29, 0.717) is 18.5 Å².